The van der Waals surface area contributed by atoms with E-state index in [1.54, 1.807) is 0 Å². The molecule has 0 atom stereocenters. The number of anilines is 1. The molecule has 1 aromatic carbocycles. The lowest BCUT2D eigenvalue weighted by molar-refractivity contribution is 0.256. The van der Waals surface area contributed by atoms with Crippen molar-refractivity contribution in [2.45, 2.75) is 39.7 Å². The molecule has 3 heteroatoms. The van der Waals surface area contributed by atoms with Crippen LogP contribution in [0, 0.1) is 5.41 Å². The summed E-state index contributed by atoms with van der Waals surface area (Å²) in [6, 6.07) is 8.27. The third kappa shape index (κ3) is 4.51. The SMILES string of the molecule is CC1(C)CCCN(Cc2cccc(N)c2)CC1.Cl. The predicted molar refractivity (Wildman–Crippen MR) is 81.0 cm³/mol. The average Bonchev–Trinajstić information content (AvgIpc) is 2.41. The van der Waals surface area contributed by atoms with Crippen LogP contribution in [0.5, 0.6) is 0 Å². The van der Waals surface area contributed by atoms with E-state index < -0.39 is 0 Å². The van der Waals surface area contributed by atoms with Crippen LogP contribution in [0.3, 0.4) is 0 Å². The van der Waals surface area contributed by atoms with Crippen molar-refractivity contribution < 1.29 is 0 Å². The maximum Gasteiger partial charge on any atom is 0.0317 e. The lowest BCUT2D eigenvalue weighted by Crippen LogP contribution is -2.25. The molecule has 2 rings (SSSR count). The van der Waals surface area contributed by atoms with E-state index in [0.29, 0.717) is 5.41 Å². The topological polar surface area (TPSA) is 29.3 Å². The molecule has 1 heterocycles. The Bertz CT molecular complexity index is 377. The fourth-order valence-corrected chi connectivity index (χ4v) is 2.59. The molecule has 0 saturated carbocycles. The van der Waals surface area contributed by atoms with Gasteiger partial charge in [-0.1, -0.05) is 26.0 Å². The van der Waals surface area contributed by atoms with Gasteiger partial charge in [0.05, 0.1) is 0 Å². The van der Waals surface area contributed by atoms with Crippen LogP contribution in [0.2, 0.25) is 0 Å². The molecule has 1 aliphatic rings. The summed E-state index contributed by atoms with van der Waals surface area (Å²) in [6.07, 6.45) is 3.96. The molecule has 1 aromatic rings. The first-order valence-corrected chi connectivity index (χ1v) is 6.62. The Morgan fingerprint density at radius 1 is 1.22 bits per heavy atom. The van der Waals surface area contributed by atoms with Gasteiger partial charge in [0.2, 0.25) is 0 Å². The molecule has 1 fully saturated rings. The Morgan fingerprint density at radius 2 is 2.00 bits per heavy atom. The lowest BCUT2D eigenvalue weighted by Gasteiger charge is -2.23. The van der Waals surface area contributed by atoms with Crippen LogP contribution in [0.1, 0.15) is 38.7 Å². The first-order valence-electron chi connectivity index (χ1n) is 6.62. The average molecular weight is 269 g/mol. The van der Waals surface area contributed by atoms with Crippen LogP contribution in [-0.2, 0) is 6.54 Å². The van der Waals surface area contributed by atoms with Gasteiger partial charge in [0.25, 0.3) is 0 Å². The van der Waals surface area contributed by atoms with Crippen LogP contribution in [-0.4, -0.2) is 18.0 Å². The van der Waals surface area contributed by atoms with Crippen molar-refractivity contribution in [3.63, 3.8) is 0 Å². The van der Waals surface area contributed by atoms with Crippen molar-refractivity contribution in [1.82, 2.24) is 4.90 Å². The molecule has 0 aromatic heterocycles. The zero-order chi connectivity index (χ0) is 12.3. The number of hydrogen-bond acceptors (Lipinski definition) is 2. The number of likely N-dealkylation sites (tertiary alicyclic amines) is 1. The first-order chi connectivity index (χ1) is 8.05. The largest absolute Gasteiger partial charge is 0.399 e. The van der Waals surface area contributed by atoms with Crippen molar-refractivity contribution in [3.8, 4) is 0 Å². The highest BCUT2D eigenvalue weighted by atomic mass is 35.5. The van der Waals surface area contributed by atoms with Gasteiger partial charge in [0.1, 0.15) is 0 Å². The molecular weight excluding hydrogens is 244 g/mol. The molecule has 0 bridgehead atoms. The molecule has 18 heavy (non-hydrogen) atoms. The predicted octanol–water partition coefficient (Wildman–Crippen LogP) is 3.70. The van der Waals surface area contributed by atoms with Gasteiger partial charge in [-0.05, 0) is 55.5 Å². The molecule has 0 spiro atoms. The van der Waals surface area contributed by atoms with Gasteiger partial charge in [-0.25, -0.2) is 0 Å². The van der Waals surface area contributed by atoms with Crippen molar-refractivity contribution in [2.24, 2.45) is 5.41 Å². The molecule has 0 unspecified atom stereocenters. The number of rotatable bonds is 2. The zero-order valence-electron chi connectivity index (χ0n) is 11.5. The van der Waals surface area contributed by atoms with Gasteiger partial charge >= 0.3 is 0 Å². The van der Waals surface area contributed by atoms with E-state index in [2.05, 4.69) is 30.9 Å². The van der Waals surface area contributed by atoms with E-state index in [0.717, 1.165) is 12.2 Å². The van der Waals surface area contributed by atoms with E-state index in [9.17, 15) is 0 Å². The first kappa shape index (κ1) is 15.3. The maximum atomic E-state index is 5.82. The van der Waals surface area contributed by atoms with E-state index in [1.165, 1.54) is 37.9 Å². The minimum Gasteiger partial charge on any atom is -0.399 e. The second-order valence-corrected chi connectivity index (χ2v) is 6.04. The van der Waals surface area contributed by atoms with Crippen molar-refractivity contribution in [3.05, 3.63) is 29.8 Å². The van der Waals surface area contributed by atoms with Crippen LogP contribution < -0.4 is 5.73 Å². The number of nitrogen functional groups attached to an aromatic ring is 1. The number of hydrogen-bond donors (Lipinski definition) is 1. The minimum absolute atomic E-state index is 0. The summed E-state index contributed by atoms with van der Waals surface area (Å²) >= 11 is 0. The van der Waals surface area contributed by atoms with Gasteiger partial charge in [-0.3, -0.25) is 4.90 Å². The molecule has 2 N–H and O–H groups in total. The van der Waals surface area contributed by atoms with Gasteiger partial charge in [-0.2, -0.15) is 0 Å². The number of halogens is 1. The Kier molecular flexibility index (Phi) is 5.48. The second kappa shape index (κ2) is 6.44. The number of benzene rings is 1. The monoisotopic (exact) mass is 268 g/mol. The third-order valence-corrected chi connectivity index (χ3v) is 3.79. The smallest absolute Gasteiger partial charge is 0.0317 e. The fraction of sp³-hybridized carbons (Fsp3) is 0.600. The fourth-order valence-electron chi connectivity index (χ4n) is 2.59. The van der Waals surface area contributed by atoms with Gasteiger partial charge in [0, 0.05) is 12.2 Å². The highest BCUT2D eigenvalue weighted by molar-refractivity contribution is 5.85. The Hall–Kier alpha value is -0.730. The van der Waals surface area contributed by atoms with Crippen LogP contribution >= 0.6 is 12.4 Å². The highest BCUT2D eigenvalue weighted by Gasteiger charge is 2.22. The van der Waals surface area contributed by atoms with E-state index >= 15 is 0 Å². The summed E-state index contributed by atoms with van der Waals surface area (Å²) in [6.45, 7) is 8.25. The van der Waals surface area contributed by atoms with Crippen molar-refractivity contribution in [2.75, 3.05) is 18.8 Å². The summed E-state index contributed by atoms with van der Waals surface area (Å²) in [5.74, 6) is 0. The number of nitrogens with zero attached hydrogens (tertiary/aromatic N) is 1. The van der Waals surface area contributed by atoms with Gasteiger partial charge in [0.15, 0.2) is 0 Å². The Morgan fingerprint density at radius 3 is 2.72 bits per heavy atom. The van der Waals surface area contributed by atoms with Gasteiger partial charge < -0.3 is 5.73 Å². The van der Waals surface area contributed by atoms with Gasteiger partial charge in [-0.15, -0.1) is 12.4 Å². The van der Waals surface area contributed by atoms with Crippen LogP contribution in [0.4, 0.5) is 5.69 Å². The normalized spacial score (nSPS) is 19.9. The van der Waals surface area contributed by atoms with Crippen molar-refractivity contribution >= 4 is 18.1 Å². The summed E-state index contributed by atoms with van der Waals surface area (Å²) < 4.78 is 0. The Balaban J connectivity index is 0.00000162. The van der Waals surface area contributed by atoms with E-state index in [4.69, 9.17) is 5.73 Å². The second-order valence-electron chi connectivity index (χ2n) is 6.04. The molecule has 0 aliphatic carbocycles. The van der Waals surface area contributed by atoms with Crippen LogP contribution in [0.15, 0.2) is 24.3 Å². The van der Waals surface area contributed by atoms with Crippen molar-refractivity contribution in [1.29, 1.82) is 0 Å². The molecule has 0 radical (unpaired) electrons. The zero-order valence-corrected chi connectivity index (χ0v) is 12.3. The summed E-state index contributed by atoms with van der Waals surface area (Å²) in [7, 11) is 0. The summed E-state index contributed by atoms with van der Waals surface area (Å²) in [4.78, 5) is 2.56. The molecule has 1 aliphatic heterocycles. The molecule has 1 saturated heterocycles. The van der Waals surface area contributed by atoms with Crippen LogP contribution in [0.25, 0.3) is 0 Å². The Labute approximate surface area is 117 Å². The minimum atomic E-state index is 0. The van der Waals surface area contributed by atoms with E-state index in [-0.39, 0.29) is 12.4 Å². The van der Waals surface area contributed by atoms with E-state index in [1.807, 2.05) is 12.1 Å². The summed E-state index contributed by atoms with van der Waals surface area (Å²) in [5, 5.41) is 0. The molecule has 0 amide bonds. The molecule has 102 valence electrons. The molecule has 2 nitrogen and oxygen atoms in total. The number of nitrogens with two attached hydrogens (primary N) is 1. The standard InChI is InChI=1S/C15H24N2.ClH/c1-15(2)7-4-9-17(10-8-15)12-13-5-3-6-14(16)11-13;/h3,5-6,11H,4,7-10,12,16H2,1-2H3;1H. The molecular formula is C15H25ClN2. The quantitative estimate of drug-likeness (QED) is 0.829. The maximum absolute atomic E-state index is 5.82. The third-order valence-electron chi connectivity index (χ3n) is 3.79. The summed E-state index contributed by atoms with van der Waals surface area (Å²) in [5.41, 5.74) is 8.55. The highest BCUT2D eigenvalue weighted by Crippen LogP contribution is 2.30. The lowest BCUT2D eigenvalue weighted by atomic mass is 9.85.